The van der Waals surface area contributed by atoms with Gasteiger partial charge in [-0.2, -0.15) is 0 Å². The van der Waals surface area contributed by atoms with Crippen molar-refractivity contribution in [2.75, 3.05) is 17.9 Å². The van der Waals surface area contributed by atoms with E-state index in [0.717, 1.165) is 16.3 Å². The zero-order valence-corrected chi connectivity index (χ0v) is 22.0. The van der Waals surface area contributed by atoms with Crippen LogP contribution in [0.3, 0.4) is 0 Å². The maximum absolute atomic E-state index is 13.8. The largest absolute Gasteiger partial charge is 0.357 e. The van der Waals surface area contributed by atoms with Gasteiger partial charge in [0.15, 0.2) is 0 Å². The van der Waals surface area contributed by atoms with E-state index in [0.29, 0.717) is 17.7 Å². The summed E-state index contributed by atoms with van der Waals surface area (Å²) in [4.78, 5) is 27.9. The first-order valence-corrected chi connectivity index (χ1v) is 13.6. The van der Waals surface area contributed by atoms with Gasteiger partial charge in [-0.3, -0.25) is 13.9 Å². The topological polar surface area (TPSA) is 86.8 Å². The Morgan fingerprint density at radius 3 is 2.03 bits per heavy atom. The predicted octanol–water partition coefficient (Wildman–Crippen LogP) is 4.14. The zero-order valence-electron chi connectivity index (χ0n) is 21.2. The Labute approximate surface area is 218 Å². The molecule has 3 aromatic rings. The molecule has 0 heterocycles. The van der Waals surface area contributed by atoms with Gasteiger partial charge in [0.2, 0.25) is 11.8 Å². The van der Waals surface area contributed by atoms with Gasteiger partial charge in [-0.05, 0) is 60.4 Å². The maximum atomic E-state index is 13.8. The van der Waals surface area contributed by atoms with Crippen LogP contribution in [0.15, 0.2) is 83.8 Å². The number of anilines is 1. The lowest BCUT2D eigenvalue weighted by Crippen LogP contribution is -2.51. The number of carbonyl (C=O) groups is 2. The van der Waals surface area contributed by atoms with E-state index in [-0.39, 0.29) is 17.3 Å². The number of halogens is 1. The maximum Gasteiger partial charge on any atom is 0.264 e. The van der Waals surface area contributed by atoms with E-state index in [1.807, 2.05) is 19.1 Å². The monoisotopic (exact) mass is 525 g/mol. The molecule has 37 heavy (non-hydrogen) atoms. The van der Waals surface area contributed by atoms with E-state index in [1.165, 1.54) is 48.3 Å². The number of nitrogens with zero attached hydrogens (tertiary/aromatic N) is 2. The van der Waals surface area contributed by atoms with Crippen LogP contribution in [-0.4, -0.2) is 44.8 Å². The van der Waals surface area contributed by atoms with Crippen molar-refractivity contribution in [3.05, 3.63) is 95.8 Å². The third-order valence-electron chi connectivity index (χ3n) is 6.14. The van der Waals surface area contributed by atoms with Crippen LogP contribution in [0.5, 0.6) is 0 Å². The summed E-state index contributed by atoms with van der Waals surface area (Å²) < 4.78 is 42.0. The summed E-state index contributed by atoms with van der Waals surface area (Å²) in [7, 11) is -2.62. The van der Waals surface area contributed by atoms with Crippen LogP contribution in [0.4, 0.5) is 10.1 Å². The lowest BCUT2D eigenvalue weighted by atomic mass is 10.1. The van der Waals surface area contributed by atoms with Crippen LogP contribution < -0.4 is 9.62 Å². The van der Waals surface area contributed by atoms with Crippen molar-refractivity contribution in [1.82, 2.24) is 10.2 Å². The Kier molecular flexibility index (Phi) is 9.41. The molecule has 0 radical (unpaired) electrons. The summed E-state index contributed by atoms with van der Waals surface area (Å²) >= 11 is 0. The van der Waals surface area contributed by atoms with Crippen LogP contribution in [0.25, 0.3) is 0 Å². The molecule has 0 aliphatic rings. The molecule has 1 unspecified atom stereocenters. The molecule has 0 aliphatic carbocycles. The first-order valence-electron chi connectivity index (χ1n) is 12.1. The van der Waals surface area contributed by atoms with Crippen LogP contribution in [-0.2, 0) is 32.6 Å². The Hall–Kier alpha value is -3.72. The van der Waals surface area contributed by atoms with Crippen molar-refractivity contribution >= 4 is 27.5 Å². The number of nitrogens with one attached hydrogen (secondary N) is 1. The molecule has 0 fully saturated rings. The van der Waals surface area contributed by atoms with Gasteiger partial charge in [0, 0.05) is 13.6 Å². The van der Waals surface area contributed by atoms with Crippen LogP contribution in [0.2, 0.25) is 0 Å². The molecule has 2 amide bonds. The lowest BCUT2D eigenvalue weighted by Gasteiger charge is -2.33. The third kappa shape index (κ3) is 6.74. The van der Waals surface area contributed by atoms with Crippen molar-refractivity contribution < 1.29 is 22.4 Å². The summed E-state index contributed by atoms with van der Waals surface area (Å²) in [5, 5.41) is 2.58. The van der Waals surface area contributed by atoms with E-state index in [1.54, 1.807) is 37.3 Å². The number of aryl methyl sites for hydroxylation is 1. The number of likely N-dealkylation sites (N-methyl/N-ethyl adjacent to an activating group) is 1. The molecule has 1 N–H and O–H groups in total. The van der Waals surface area contributed by atoms with Gasteiger partial charge in [-0.25, -0.2) is 12.8 Å². The zero-order chi connectivity index (χ0) is 27.0. The Bertz CT molecular complexity index is 1300. The molecule has 0 aromatic heterocycles. The van der Waals surface area contributed by atoms with Crippen molar-refractivity contribution in [3.8, 4) is 0 Å². The minimum Gasteiger partial charge on any atom is -0.357 e. The van der Waals surface area contributed by atoms with E-state index in [2.05, 4.69) is 5.32 Å². The molecule has 9 heteroatoms. The minimum absolute atomic E-state index is 0.0129. The van der Waals surface area contributed by atoms with Gasteiger partial charge in [-0.1, -0.05) is 56.3 Å². The number of benzene rings is 3. The van der Waals surface area contributed by atoms with Gasteiger partial charge < -0.3 is 10.2 Å². The van der Waals surface area contributed by atoms with Gasteiger partial charge >= 0.3 is 0 Å². The van der Waals surface area contributed by atoms with Gasteiger partial charge in [0.25, 0.3) is 10.0 Å². The highest BCUT2D eigenvalue weighted by Gasteiger charge is 2.33. The molecule has 0 saturated carbocycles. The highest BCUT2D eigenvalue weighted by molar-refractivity contribution is 7.92. The fraction of sp³-hybridized carbons (Fsp3) is 0.286. The van der Waals surface area contributed by atoms with Crippen molar-refractivity contribution in [2.24, 2.45) is 0 Å². The molecule has 0 spiro atoms. The number of hydrogen-bond donors (Lipinski definition) is 1. The number of carbonyl (C=O) groups excluding carboxylic acids is 2. The summed E-state index contributed by atoms with van der Waals surface area (Å²) in [6.07, 6.45) is 1.09. The Morgan fingerprint density at radius 1 is 0.892 bits per heavy atom. The molecule has 3 aromatic carbocycles. The number of hydrogen-bond acceptors (Lipinski definition) is 4. The van der Waals surface area contributed by atoms with Gasteiger partial charge in [0.05, 0.1) is 10.6 Å². The summed E-state index contributed by atoms with van der Waals surface area (Å²) in [5.74, 6) is -1.35. The van der Waals surface area contributed by atoms with E-state index in [9.17, 15) is 22.4 Å². The molecule has 1 atom stereocenters. The fourth-order valence-electron chi connectivity index (χ4n) is 4.02. The van der Waals surface area contributed by atoms with Crippen molar-refractivity contribution in [3.63, 3.8) is 0 Å². The van der Waals surface area contributed by atoms with Crippen LogP contribution in [0, 0.1) is 5.82 Å². The highest BCUT2D eigenvalue weighted by atomic mass is 32.2. The SMILES string of the molecule is CCc1ccc(N(CC(=O)N(Cc2ccc(F)cc2)C(CC)C(=O)NC)S(=O)(=O)c2ccccc2)cc1. The smallest absolute Gasteiger partial charge is 0.264 e. The molecule has 7 nitrogen and oxygen atoms in total. The van der Waals surface area contributed by atoms with E-state index in [4.69, 9.17) is 0 Å². The minimum atomic E-state index is -4.10. The first kappa shape index (κ1) is 27.9. The fourth-order valence-corrected chi connectivity index (χ4v) is 5.45. The first-order chi connectivity index (χ1) is 17.7. The average Bonchev–Trinajstić information content (AvgIpc) is 2.92. The van der Waals surface area contributed by atoms with Crippen molar-refractivity contribution in [1.29, 1.82) is 0 Å². The third-order valence-corrected chi connectivity index (χ3v) is 7.93. The predicted molar refractivity (Wildman–Crippen MR) is 142 cm³/mol. The quantitative estimate of drug-likeness (QED) is 0.408. The average molecular weight is 526 g/mol. The number of amides is 2. The molecule has 3 rings (SSSR count). The van der Waals surface area contributed by atoms with Crippen molar-refractivity contribution in [2.45, 2.75) is 44.2 Å². The second kappa shape index (κ2) is 12.5. The second-order valence-corrected chi connectivity index (χ2v) is 10.4. The normalized spacial score (nSPS) is 12.0. The summed E-state index contributed by atoms with van der Waals surface area (Å²) in [6, 6.07) is 19.7. The Balaban J connectivity index is 2.04. The van der Waals surface area contributed by atoms with Gasteiger partial charge in [0.1, 0.15) is 18.4 Å². The summed E-state index contributed by atoms with van der Waals surface area (Å²) in [5.41, 5.74) is 1.97. The molecule has 0 saturated heterocycles. The van der Waals surface area contributed by atoms with Crippen LogP contribution >= 0.6 is 0 Å². The molecule has 0 bridgehead atoms. The highest BCUT2D eigenvalue weighted by Crippen LogP contribution is 2.25. The molecular weight excluding hydrogens is 493 g/mol. The van der Waals surface area contributed by atoms with Crippen LogP contribution in [0.1, 0.15) is 31.4 Å². The number of sulfonamides is 1. The number of rotatable bonds is 11. The summed E-state index contributed by atoms with van der Waals surface area (Å²) in [6.45, 7) is 3.26. The molecule has 0 aliphatic heterocycles. The van der Waals surface area contributed by atoms with E-state index >= 15 is 0 Å². The molecular formula is C28H32FN3O4S. The lowest BCUT2D eigenvalue weighted by molar-refractivity contribution is -0.140. The molecule has 196 valence electrons. The second-order valence-electron chi connectivity index (χ2n) is 8.53. The van der Waals surface area contributed by atoms with E-state index < -0.39 is 34.3 Å². The Morgan fingerprint density at radius 2 is 1.49 bits per heavy atom. The standard InChI is InChI=1S/C28H32FN3O4S/c1-4-21-13-17-24(18-14-21)32(37(35,36)25-9-7-6-8-10-25)20-27(33)31(26(5-2)28(34)30-3)19-22-11-15-23(29)16-12-22/h6-18,26H,4-5,19-20H2,1-3H3,(H,30,34). The van der Waals surface area contributed by atoms with Gasteiger partial charge in [-0.15, -0.1) is 0 Å².